The fraction of sp³-hybridized carbons (Fsp3) is 0.545. The number of hydrogen-bond donors (Lipinski definition) is 1. The molecule has 1 aromatic rings. The number of nitrogens with zero attached hydrogens (tertiary/aromatic N) is 2. The van der Waals surface area contributed by atoms with Crippen molar-refractivity contribution in [3.8, 4) is 0 Å². The molecule has 0 saturated carbocycles. The largest absolute Gasteiger partial charge is 0.373 e. The van der Waals surface area contributed by atoms with Gasteiger partial charge in [0.1, 0.15) is 0 Å². The van der Waals surface area contributed by atoms with E-state index in [9.17, 15) is 0 Å². The summed E-state index contributed by atoms with van der Waals surface area (Å²) in [6, 6.07) is 2.10. The molecule has 0 amide bonds. The van der Waals surface area contributed by atoms with Crippen molar-refractivity contribution in [1.29, 1.82) is 0 Å². The molecule has 0 atom stereocenters. The first-order valence-corrected chi connectivity index (χ1v) is 5.21. The molecule has 0 saturated heterocycles. The summed E-state index contributed by atoms with van der Waals surface area (Å²) in [6.07, 6.45) is 5.47. The number of hydrogen-bond acceptors (Lipinski definition) is 3. The molecule has 0 unspecified atom stereocenters. The van der Waals surface area contributed by atoms with Crippen molar-refractivity contribution in [2.24, 2.45) is 5.73 Å². The van der Waals surface area contributed by atoms with Crippen LogP contribution in [0.2, 0.25) is 0 Å². The highest BCUT2D eigenvalue weighted by atomic mass is 15.1. The van der Waals surface area contributed by atoms with Crippen LogP contribution in [0.3, 0.4) is 0 Å². The number of nitrogens with two attached hydrogens (primary N) is 1. The molecule has 2 rings (SSSR count). The molecular formula is C11H17N3. The molecule has 1 aliphatic carbocycles. The monoisotopic (exact) mass is 191 g/mol. The van der Waals surface area contributed by atoms with Gasteiger partial charge in [-0.3, -0.25) is 4.98 Å². The Morgan fingerprint density at radius 1 is 1.50 bits per heavy atom. The van der Waals surface area contributed by atoms with Crippen molar-refractivity contribution in [3.63, 3.8) is 0 Å². The minimum Gasteiger partial charge on any atom is -0.373 e. The van der Waals surface area contributed by atoms with Gasteiger partial charge in [-0.1, -0.05) is 0 Å². The zero-order valence-corrected chi connectivity index (χ0v) is 8.66. The van der Waals surface area contributed by atoms with Crippen molar-refractivity contribution in [2.75, 3.05) is 25.0 Å². The number of anilines is 1. The number of likely N-dealkylation sites (N-methyl/N-ethyl adjacent to an activating group) is 1. The first-order chi connectivity index (χ1) is 6.83. The van der Waals surface area contributed by atoms with Gasteiger partial charge in [-0.25, -0.2) is 0 Å². The molecule has 1 aliphatic rings. The molecule has 0 bridgehead atoms. The molecule has 3 nitrogen and oxygen atoms in total. The van der Waals surface area contributed by atoms with E-state index >= 15 is 0 Å². The molecule has 0 spiro atoms. The molecule has 14 heavy (non-hydrogen) atoms. The van der Waals surface area contributed by atoms with Crippen LogP contribution in [0.4, 0.5) is 5.69 Å². The molecule has 0 fully saturated rings. The molecule has 1 heterocycles. The Balaban J connectivity index is 2.29. The predicted octanol–water partition coefficient (Wildman–Crippen LogP) is 0.965. The maximum atomic E-state index is 5.55. The summed E-state index contributed by atoms with van der Waals surface area (Å²) >= 11 is 0. The van der Waals surface area contributed by atoms with Crippen LogP contribution in [-0.4, -0.2) is 25.1 Å². The Kier molecular flexibility index (Phi) is 2.68. The van der Waals surface area contributed by atoms with Gasteiger partial charge in [0.2, 0.25) is 0 Å². The fourth-order valence-electron chi connectivity index (χ4n) is 2.12. The Hall–Kier alpha value is -1.09. The standard InChI is InChI=1S/C11H17N3/c1-14(8-6-12)11-5-7-13-10-4-2-3-9(10)11/h5,7H,2-4,6,8,12H2,1H3. The van der Waals surface area contributed by atoms with Crippen LogP contribution < -0.4 is 10.6 Å². The maximum Gasteiger partial charge on any atom is 0.0456 e. The normalized spacial score (nSPS) is 14.1. The SMILES string of the molecule is CN(CCN)c1ccnc2c1CCC2. The highest BCUT2D eigenvalue weighted by molar-refractivity contribution is 5.55. The van der Waals surface area contributed by atoms with Gasteiger partial charge < -0.3 is 10.6 Å². The van der Waals surface area contributed by atoms with Gasteiger partial charge in [0, 0.05) is 37.7 Å². The Labute approximate surface area is 84.9 Å². The van der Waals surface area contributed by atoms with Gasteiger partial charge in [-0.2, -0.15) is 0 Å². The third-order valence-electron chi connectivity index (χ3n) is 2.84. The van der Waals surface area contributed by atoms with E-state index < -0.39 is 0 Å². The van der Waals surface area contributed by atoms with Crippen LogP contribution in [0.1, 0.15) is 17.7 Å². The van der Waals surface area contributed by atoms with E-state index in [0.717, 1.165) is 13.0 Å². The molecule has 0 aromatic carbocycles. The third-order valence-corrected chi connectivity index (χ3v) is 2.84. The molecule has 0 radical (unpaired) electrons. The molecule has 1 aromatic heterocycles. The van der Waals surface area contributed by atoms with Gasteiger partial charge in [0.25, 0.3) is 0 Å². The zero-order valence-electron chi connectivity index (χ0n) is 8.66. The number of pyridine rings is 1. The molecule has 0 aliphatic heterocycles. The van der Waals surface area contributed by atoms with E-state index in [2.05, 4.69) is 23.0 Å². The summed E-state index contributed by atoms with van der Waals surface area (Å²) in [5.74, 6) is 0. The summed E-state index contributed by atoms with van der Waals surface area (Å²) in [7, 11) is 2.10. The predicted molar refractivity (Wildman–Crippen MR) is 58.6 cm³/mol. The lowest BCUT2D eigenvalue weighted by Crippen LogP contribution is -2.26. The van der Waals surface area contributed by atoms with E-state index in [4.69, 9.17) is 5.73 Å². The van der Waals surface area contributed by atoms with Crippen LogP contribution in [0.15, 0.2) is 12.3 Å². The quantitative estimate of drug-likeness (QED) is 0.774. The van der Waals surface area contributed by atoms with Gasteiger partial charge in [0.15, 0.2) is 0 Å². The smallest absolute Gasteiger partial charge is 0.0456 e. The first-order valence-electron chi connectivity index (χ1n) is 5.21. The number of aryl methyl sites for hydroxylation is 1. The number of fused-ring (bicyclic) bond motifs is 1. The van der Waals surface area contributed by atoms with E-state index in [-0.39, 0.29) is 0 Å². The van der Waals surface area contributed by atoms with Crippen molar-refractivity contribution in [1.82, 2.24) is 4.98 Å². The van der Waals surface area contributed by atoms with E-state index in [0.29, 0.717) is 6.54 Å². The Morgan fingerprint density at radius 2 is 2.36 bits per heavy atom. The second kappa shape index (κ2) is 3.96. The van der Waals surface area contributed by atoms with Crippen LogP contribution >= 0.6 is 0 Å². The van der Waals surface area contributed by atoms with Crippen LogP contribution in [0.25, 0.3) is 0 Å². The Morgan fingerprint density at radius 3 is 3.14 bits per heavy atom. The minimum absolute atomic E-state index is 0.702. The highest BCUT2D eigenvalue weighted by Gasteiger charge is 2.17. The van der Waals surface area contributed by atoms with E-state index in [1.807, 2.05) is 6.20 Å². The van der Waals surface area contributed by atoms with Gasteiger partial charge in [-0.15, -0.1) is 0 Å². The minimum atomic E-state index is 0.702. The van der Waals surface area contributed by atoms with Crippen LogP contribution in [0.5, 0.6) is 0 Å². The third kappa shape index (κ3) is 1.60. The summed E-state index contributed by atoms with van der Waals surface area (Å²) < 4.78 is 0. The fourth-order valence-corrected chi connectivity index (χ4v) is 2.12. The van der Waals surface area contributed by atoms with Crippen molar-refractivity contribution < 1.29 is 0 Å². The Bertz CT molecular complexity index is 322. The topological polar surface area (TPSA) is 42.1 Å². The summed E-state index contributed by atoms with van der Waals surface area (Å²) in [5.41, 5.74) is 9.59. The molecular weight excluding hydrogens is 174 g/mol. The van der Waals surface area contributed by atoms with Crippen LogP contribution in [0, 0.1) is 0 Å². The number of rotatable bonds is 3. The van der Waals surface area contributed by atoms with E-state index in [1.165, 1.54) is 29.8 Å². The van der Waals surface area contributed by atoms with Crippen LogP contribution in [-0.2, 0) is 12.8 Å². The average molecular weight is 191 g/mol. The van der Waals surface area contributed by atoms with Crippen molar-refractivity contribution in [3.05, 3.63) is 23.5 Å². The maximum absolute atomic E-state index is 5.55. The lowest BCUT2D eigenvalue weighted by molar-refractivity contribution is 0.871. The van der Waals surface area contributed by atoms with Crippen molar-refractivity contribution >= 4 is 5.69 Å². The average Bonchev–Trinajstić information content (AvgIpc) is 2.65. The summed E-state index contributed by atoms with van der Waals surface area (Å²) in [5, 5.41) is 0. The molecule has 2 N–H and O–H groups in total. The van der Waals surface area contributed by atoms with Crippen molar-refractivity contribution in [2.45, 2.75) is 19.3 Å². The van der Waals surface area contributed by atoms with E-state index in [1.54, 1.807) is 0 Å². The zero-order chi connectivity index (χ0) is 9.97. The summed E-state index contributed by atoms with van der Waals surface area (Å²) in [6.45, 7) is 1.62. The molecule has 3 heteroatoms. The lowest BCUT2D eigenvalue weighted by Gasteiger charge is -2.21. The lowest BCUT2D eigenvalue weighted by atomic mass is 10.1. The first kappa shape index (κ1) is 9.46. The number of aromatic nitrogens is 1. The second-order valence-corrected chi connectivity index (χ2v) is 3.82. The van der Waals surface area contributed by atoms with Gasteiger partial charge >= 0.3 is 0 Å². The molecule has 76 valence electrons. The van der Waals surface area contributed by atoms with Gasteiger partial charge in [0.05, 0.1) is 0 Å². The second-order valence-electron chi connectivity index (χ2n) is 3.82. The summed E-state index contributed by atoms with van der Waals surface area (Å²) in [4.78, 5) is 6.63. The highest BCUT2D eigenvalue weighted by Crippen LogP contribution is 2.28. The van der Waals surface area contributed by atoms with Gasteiger partial charge in [-0.05, 0) is 30.9 Å².